The first-order valence-electron chi connectivity index (χ1n) is 3.36. The van der Waals surface area contributed by atoms with Crippen molar-refractivity contribution in [1.29, 1.82) is 0 Å². The van der Waals surface area contributed by atoms with Gasteiger partial charge in [-0.25, -0.2) is 0 Å². The van der Waals surface area contributed by atoms with Crippen molar-refractivity contribution in [2.75, 3.05) is 11.9 Å². The second-order valence-corrected chi connectivity index (χ2v) is 2.08. The van der Waals surface area contributed by atoms with Gasteiger partial charge in [0.15, 0.2) is 0 Å². The fourth-order valence-electron chi connectivity index (χ4n) is 0.820. The summed E-state index contributed by atoms with van der Waals surface area (Å²) in [4.78, 5) is 0. The van der Waals surface area contributed by atoms with Crippen LogP contribution >= 0.6 is 0 Å². The molecule has 0 aliphatic rings. The zero-order valence-electron chi connectivity index (χ0n) is 5.96. The van der Waals surface area contributed by atoms with Crippen molar-refractivity contribution >= 4 is 35.2 Å². The first-order chi connectivity index (χ1) is 4.83. The van der Waals surface area contributed by atoms with E-state index < -0.39 is 0 Å². The van der Waals surface area contributed by atoms with Crippen LogP contribution in [0.4, 0.5) is 5.69 Å². The van der Waals surface area contributed by atoms with Crippen LogP contribution in [0.3, 0.4) is 0 Å². The molecule has 0 bridgehead atoms. The second kappa shape index (κ2) is 5.47. The molecule has 0 radical (unpaired) electrons. The van der Waals surface area contributed by atoms with Gasteiger partial charge in [-0.3, -0.25) is 0 Å². The topological polar surface area (TPSA) is 32.3 Å². The standard InChI is InChI=1S/C8H11NO.Na.H/c1-2-9-7-4-3-5-8(10)6-7;;/h3-6,9-10H,2H2,1H3;;. The van der Waals surface area contributed by atoms with Crippen LogP contribution in [0.2, 0.25) is 0 Å². The number of phenols is 1. The Hall–Kier alpha value is -0.180. The summed E-state index contributed by atoms with van der Waals surface area (Å²) in [7, 11) is 0. The molecule has 0 unspecified atom stereocenters. The summed E-state index contributed by atoms with van der Waals surface area (Å²) in [5, 5.41) is 12.1. The van der Waals surface area contributed by atoms with E-state index in [1.807, 2.05) is 19.1 Å². The van der Waals surface area contributed by atoms with Gasteiger partial charge >= 0.3 is 29.6 Å². The van der Waals surface area contributed by atoms with E-state index in [0.717, 1.165) is 12.2 Å². The number of rotatable bonds is 2. The Morgan fingerprint density at radius 1 is 1.45 bits per heavy atom. The van der Waals surface area contributed by atoms with Gasteiger partial charge in [-0.05, 0) is 19.1 Å². The molecule has 1 aromatic carbocycles. The number of anilines is 1. The van der Waals surface area contributed by atoms with Crippen molar-refractivity contribution in [3.05, 3.63) is 24.3 Å². The van der Waals surface area contributed by atoms with Crippen LogP contribution in [0.1, 0.15) is 6.92 Å². The molecule has 0 aliphatic carbocycles. The average molecular weight is 161 g/mol. The van der Waals surface area contributed by atoms with Gasteiger partial charge in [0.05, 0.1) is 0 Å². The van der Waals surface area contributed by atoms with Crippen molar-refractivity contribution in [3.8, 4) is 5.75 Å². The third-order valence-electron chi connectivity index (χ3n) is 1.23. The maximum atomic E-state index is 9.00. The maximum absolute atomic E-state index is 9.00. The van der Waals surface area contributed by atoms with Crippen molar-refractivity contribution < 1.29 is 5.11 Å². The number of aromatic hydroxyl groups is 1. The number of nitrogens with one attached hydrogen (secondary N) is 1. The van der Waals surface area contributed by atoms with E-state index in [4.69, 9.17) is 5.11 Å². The molecule has 0 atom stereocenters. The van der Waals surface area contributed by atoms with E-state index in [-0.39, 0.29) is 29.6 Å². The molecular formula is C8H12NNaO. The van der Waals surface area contributed by atoms with Gasteiger partial charge in [0.2, 0.25) is 0 Å². The number of benzene rings is 1. The van der Waals surface area contributed by atoms with Crippen LogP contribution in [-0.2, 0) is 0 Å². The van der Waals surface area contributed by atoms with Gasteiger partial charge < -0.3 is 10.4 Å². The molecule has 11 heavy (non-hydrogen) atoms. The Morgan fingerprint density at radius 3 is 2.73 bits per heavy atom. The Kier molecular flexibility index (Phi) is 5.38. The third kappa shape index (κ3) is 3.65. The van der Waals surface area contributed by atoms with Gasteiger partial charge in [0, 0.05) is 18.3 Å². The van der Waals surface area contributed by atoms with E-state index in [1.54, 1.807) is 12.1 Å². The van der Waals surface area contributed by atoms with Crippen LogP contribution in [0.15, 0.2) is 24.3 Å². The number of hydrogen-bond acceptors (Lipinski definition) is 2. The van der Waals surface area contributed by atoms with Crippen LogP contribution < -0.4 is 5.32 Å². The predicted molar refractivity (Wildman–Crippen MR) is 49.4 cm³/mol. The summed E-state index contributed by atoms with van der Waals surface area (Å²) in [5.74, 6) is 0.304. The fraction of sp³-hybridized carbons (Fsp3) is 0.250. The molecule has 0 saturated heterocycles. The zero-order valence-corrected chi connectivity index (χ0v) is 5.96. The third-order valence-corrected chi connectivity index (χ3v) is 1.23. The predicted octanol–water partition coefficient (Wildman–Crippen LogP) is 1.18. The summed E-state index contributed by atoms with van der Waals surface area (Å²) in [6.07, 6.45) is 0. The molecule has 1 rings (SSSR count). The molecule has 1 aromatic rings. The van der Waals surface area contributed by atoms with E-state index in [2.05, 4.69) is 5.32 Å². The number of hydrogen-bond donors (Lipinski definition) is 2. The molecule has 0 saturated carbocycles. The van der Waals surface area contributed by atoms with Crippen molar-refractivity contribution in [2.24, 2.45) is 0 Å². The summed E-state index contributed by atoms with van der Waals surface area (Å²) in [6.45, 7) is 2.90. The Balaban J connectivity index is 0.000001000. The van der Waals surface area contributed by atoms with Crippen LogP contribution in [0.25, 0.3) is 0 Å². The minimum atomic E-state index is 0. The van der Waals surface area contributed by atoms with Gasteiger partial charge in [-0.15, -0.1) is 0 Å². The van der Waals surface area contributed by atoms with Gasteiger partial charge in [0.1, 0.15) is 5.75 Å². The Bertz CT molecular complexity index is 215. The molecule has 0 heterocycles. The molecular weight excluding hydrogens is 149 g/mol. The van der Waals surface area contributed by atoms with E-state index >= 15 is 0 Å². The number of phenolic OH excluding ortho intramolecular Hbond substituents is 1. The Morgan fingerprint density at radius 2 is 2.18 bits per heavy atom. The average Bonchev–Trinajstić information content (AvgIpc) is 1.88. The van der Waals surface area contributed by atoms with E-state index in [0.29, 0.717) is 5.75 Å². The first-order valence-corrected chi connectivity index (χ1v) is 3.36. The molecule has 0 spiro atoms. The van der Waals surface area contributed by atoms with E-state index in [1.165, 1.54) is 0 Å². The Labute approximate surface area is 88.9 Å². The second-order valence-electron chi connectivity index (χ2n) is 2.08. The van der Waals surface area contributed by atoms with Crippen LogP contribution in [0, 0.1) is 0 Å². The molecule has 56 valence electrons. The minimum absolute atomic E-state index is 0. The quantitative estimate of drug-likeness (QED) is 0.638. The molecule has 0 fully saturated rings. The van der Waals surface area contributed by atoms with Crippen LogP contribution in [0.5, 0.6) is 5.75 Å². The normalized spacial score (nSPS) is 8.45. The molecule has 2 N–H and O–H groups in total. The molecule has 0 amide bonds. The summed E-state index contributed by atoms with van der Waals surface area (Å²) >= 11 is 0. The zero-order chi connectivity index (χ0) is 7.40. The monoisotopic (exact) mass is 161 g/mol. The van der Waals surface area contributed by atoms with Gasteiger partial charge in [-0.1, -0.05) is 6.07 Å². The molecule has 0 aromatic heterocycles. The van der Waals surface area contributed by atoms with Gasteiger partial charge in [-0.2, -0.15) is 0 Å². The van der Waals surface area contributed by atoms with Crippen molar-refractivity contribution in [1.82, 2.24) is 0 Å². The SMILES string of the molecule is CCNc1cccc(O)c1.[NaH]. The van der Waals surface area contributed by atoms with Crippen LogP contribution in [-0.4, -0.2) is 41.2 Å². The molecule has 0 aliphatic heterocycles. The fourth-order valence-corrected chi connectivity index (χ4v) is 0.820. The van der Waals surface area contributed by atoms with Crippen molar-refractivity contribution in [2.45, 2.75) is 6.92 Å². The molecule has 2 nitrogen and oxygen atoms in total. The van der Waals surface area contributed by atoms with Crippen molar-refractivity contribution in [3.63, 3.8) is 0 Å². The van der Waals surface area contributed by atoms with E-state index in [9.17, 15) is 0 Å². The summed E-state index contributed by atoms with van der Waals surface area (Å²) in [5.41, 5.74) is 0.961. The first kappa shape index (κ1) is 10.8. The van der Waals surface area contributed by atoms with Gasteiger partial charge in [0.25, 0.3) is 0 Å². The summed E-state index contributed by atoms with van der Waals surface area (Å²) in [6, 6.07) is 7.08. The summed E-state index contributed by atoms with van der Waals surface area (Å²) < 4.78 is 0. The molecule has 3 heteroatoms.